The molecule has 1 N–H and O–H groups in total. The molecular formula is C18H18O3. The second-order valence-corrected chi connectivity index (χ2v) is 4.78. The Morgan fingerprint density at radius 2 is 1.62 bits per heavy atom. The molecule has 0 radical (unpaired) electrons. The van der Waals surface area contributed by atoms with E-state index in [2.05, 4.69) is 0 Å². The van der Waals surface area contributed by atoms with Crippen LogP contribution >= 0.6 is 0 Å². The molecule has 0 aliphatic rings. The predicted octanol–water partition coefficient (Wildman–Crippen LogP) is 3.30. The standard InChI is InChI=1S/C18H18O3/c1-14(18(20)21-16-10-6-3-7-11-16)17(19)13-12-15-8-4-2-5-9-15/h2-14,17,19H,1H3/b13-12+/t14-,17-/m0/s1. The van der Waals surface area contributed by atoms with Gasteiger partial charge in [0.15, 0.2) is 0 Å². The van der Waals surface area contributed by atoms with Crippen molar-refractivity contribution in [2.75, 3.05) is 0 Å². The van der Waals surface area contributed by atoms with Crippen molar-refractivity contribution in [2.24, 2.45) is 5.92 Å². The molecule has 0 aliphatic heterocycles. The molecule has 3 heteroatoms. The third-order valence-corrected chi connectivity index (χ3v) is 3.13. The average molecular weight is 282 g/mol. The van der Waals surface area contributed by atoms with Gasteiger partial charge in [0.05, 0.1) is 12.0 Å². The first kappa shape index (κ1) is 15.0. The third-order valence-electron chi connectivity index (χ3n) is 3.13. The minimum absolute atomic E-state index is 0.452. The van der Waals surface area contributed by atoms with Gasteiger partial charge in [0.2, 0.25) is 0 Å². The normalized spacial score (nSPS) is 13.8. The van der Waals surface area contributed by atoms with E-state index < -0.39 is 18.0 Å². The van der Waals surface area contributed by atoms with Gasteiger partial charge in [-0.2, -0.15) is 0 Å². The van der Waals surface area contributed by atoms with E-state index in [1.54, 1.807) is 43.3 Å². The van der Waals surface area contributed by atoms with Crippen LogP contribution in [0.2, 0.25) is 0 Å². The van der Waals surface area contributed by atoms with Crippen molar-refractivity contribution in [1.29, 1.82) is 0 Å². The van der Waals surface area contributed by atoms with Gasteiger partial charge in [-0.05, 0) is 24.6 Å². The summed E-state index contributed by atoms with van der Waals surface area (Å²) in [7, 11) is 0. The molecule has 0 fully saturated rings. The number of carbonyl (C=O) groups is 1. The first-order valence-corrected chi connectivity index (χ1v) is 6.85. The Kier molecular flexibility index (Phi) is 5.29. The minimum Gasteiger partial charge on any atom is -0.426 e. The van der Waals surface area contributed by atoms with Crippen LogP contribution in [0.15, 0.2) is 66.7 Å². The second-order valence-electron chi connectivity index (χ2n) is 4.78. The van der Waals surface area contributed by atoms with Crippen LogP contribution in [-0.2, 0) is 4.79 Å². The van der Waals surface area contributed by atoms with E-state index >= 15 is 0 Å². The van der Waals surface area contributed by atoms with Gasteiger partial charge in [0.25, 0.3) is 0 Å². The van der Waals surface area contributed by atoms with E-state index in [1.165, 1.54) is 0 Å². The highest BCUT2D eigenvalue weighted by molar-refractivity contribution is 5.75. The van der Waals surface area contributed by atoms with Crippen LogP contribution in [0.1, 0.15) is 12.5 Å². The van der Waals surface area contributed by atoms with E-state index in [-0.39, 0.29) is 0 Å². The van der Waals surface area contributed by atoms with E-state index in [9.17, 15) is 9.90 Å². The Morgan fingerprint density at radius 1 is 1.05 bits per heavy atom. The molecule has 0 unspecified atom stereocenters. The molecule has 2 rings (SSSR count). The van der Waals surface area contributed by atoms with Gasteiger partial charge in [-0.15, -0.1) is 0 Å². The highest BCUT2D eigenvalue weighted by atomic mass is 16.5. The van der Waals surface area contributed by atoms with Gasteiger partial charge >= 0.3 is 5.97 Å². The summed E-state index contributed by atoms with van der Waals surface area (Å²) in [6.07, 6.45) is 2.50. The molecule has 0 heterocycles. The molecule has 2 aromatic carbocycles. The summed E-state index contributed by atoms with van der Waals surface area (Å²) < 4.78 is 5.22. The van der Waals surface area contributed by atoms with Crippen LogP contribution in [0.25, 0.3) is 6.08 Å². The third kappa shape index (κ3) is 4.58. The number of aliphatic hydroxyl groups is 1. The highest BCUT2D eigenvalue weighted by Gasteiger charge is 2.21. The van der Waals surface area contributed by atoms with Gasteiger partial charge in [0, 0.05) is 0 Å². The summed E-state index contributed by atoms with van der Waals surface area (Å²) in [5, 5.41) is 10.0. The second kappa shape index (κ2) is 7.41. The molecule has 0 aliphatic carbocycles. The van der Waals surface area contributed by atoms with Gasteiger partial charge in [-0.3, -0.25) is 4.79 Å². The van der Waals surface area contributed by atoms with E-state index in [4.69, 9.17) is 4.74 Å². The average Bonchev–Trinajstić information content (AvgIpc) is 2.53. The topological polar surface area (TPSA) is 46.5 Å². The largest absolute Gasteiger partial charge is 0.426 e. The molecule has 0 aromatic heterocycles. The Morgan fingerprint density at radius 3 is 2.24 bits per heavy atom. The number of ether oxygens (including phenoxy) is 1. The fourth-order valence-corrected chi connectivity index (χ4v) is 1.78. The predicted molar refractivity (Wildman–Crippen MR) is 82.7 cm³/mol. The van der Waals surface area contributed by atoms with Crippen LogP contribution in [0.3, 0.4) is 0 Å². The summed E-state index contributed by atoms with van der Waals surface area (Å²) in [6.45, 7) is 1.64. The van der Waals surface area contributed by atoms with Crippen LogP contribution < -0.4 is 4.74 Å². The fraction of sp³-hybridized carbons (Fsp3) is 0.167. The van der Waals surface area contributed by atoms with Crippen LogP contribution in [-0.4, -0.2) is 17.2 Å². The Bertz CT molecular complexity index is 590. The molecule has 0 spiro atoms. The molecule has 2 aromatic rings. The summed E-state index contributed by atoms with van der Waals surface area (Å²) in [5.74, 6) is -0.606. The molecule has 21 heavy (non-hydrogen) atoms. The van der Waals surface area contributed by atoms with Gasteiger partial charge in [-0.1, -0.05) is 60.7 Å². The maximum absolute atomic E-state index is 11.9. The molecule has 3 nitrogen and oxygen atoms in total. The van der Waals surface area contributed by atoms with Crippen molar-refractivity contribution >= 4 is 12.0 Å². The summed E-state index contributed by atoms with van der Waals surface area (Å²) in [6, 6.07) is 18.4. The fourth-order valence-electron chi connectivity index (χ4n) is 1.78. The Balaban J connectivity index is 1.94. The van der Waals surface area contributed by atoms with Crippen molar-refractivity contribution in [1.82, 2.24) is 0 Å². The number of carbonyl (C=O) groups excluding carboxylic acids is 1. The summed E-state index contributed by atoms with van der Waals surface area (Å²) >= 11 is 0. The zero-order chi connectivity index (χ0) is 15.1. The molecule has 0 amide bonds. The maximum atomic E-state index is 11.9. The van der Waals surface area contributed by atoms with Crippen molar-refractivity contribution < 1.29 is 14.6 Å². The van der Waals surface area contributed by atoms with E-state index in [0.717, 1.165) is 5.56 Å². The van der Waals surface area contributed by atoms with E-state index in [1.807, 2.05) is 36.4 Å². The minimum atomic E-state index is -0.888. The number of hydrogen-bond acceptors (Lipinski definition) is 3. The van der Waals surface area contributed by atoms with Crippen LogP contribution in [0.5, 0.6) is 5.75 Å². The zero-order valence-electron chi connectivity index (χ0n) is 11.8. The quantitative estimate of drug-likeness (QED) is 0.676. The number of benzene rings is 2. The Labute approximate surface area is 124 Å². The Hall–Kier alpha value is -2.39. The number of para-hydroxylation sites is 1. The number of hydrogen-bond donors (Lipinski definition) is 1. The lowest BCUT2D eigenvalue weighted by atomic mass is 10.0. The maximum Gasteiger partial charge on any atom is 0.317 e. The first-order chi connectivity index (χ1) is 10.2. The number of rotatable bonds is 5. The smallest absolute Gasteiger partial charge is 0.317 e. The van der Waals surface area contributed by atoms with Crippen LogP contribution in [0, 0.1) is 5.92 Å². The monoisotopic (exact) mass is 282 g/mol. The first-order valence-electron chi connectivity index (χ1n) is 6.85. The molecule has 108 valence electrons. The molecular weight excluding hydrogens is 264 g/mol. The molecule has 0 saturated carbocycles. The van der Waals surface area contributed by atoms with Crippen molar-refractivity contribution in [2.45, 2.75) is 13.0 Å². The number of aliphatic hydroxyl groups excluding tert-OH is 1. The molecule has 0 saturated heterocycles. The molecule has 0 bridgehead atoms. The van der Waals surface area contributed by atoms with Crippen molar-refractivity contribution in [3.8, 4) is 5.75 Å². The van der Waals surface area contributed by atoms with Gasteiger partial charge in [0.1, 0.15) is 5.75 Å². The van der Waals surface area contributed by atoms with Gasteiger partial charge in [-0.25, -0.2) is 0 Å². The zero-order valence-corrected chi connectivity index (χ0v) is 11.8. The summed E-state index contributed by atoms with van der Waals surface area (Å²) in [4.78, 5) is 11.9. The van der Waals surface area contributed by atoms with Gasteiger partial charge < -0.3 is 9.84 Å². The number of esters is 1. The highest BCUT2D eigenvalue weighted by Crippen LogP contribution is 2.14. The van der Waals surface area contributed by atoms with Crippen molar-refractivity contribution in [3.05, 3.63) is 72.3 Å². The summed E-state index contributed by atoms with van der Waals surface area (Å²) in [5.41, 5.74) is 0.972. The van der Waals surface area contributed by atoms with Crippen molar-refractivity contribution in [3.63, 3.8) is 0 Å². The lowest BCUT2D eigenvalue weighted by molar-refractivity contribution is -0.140. The lowest BCUT2D eigenvalue weighted by Gasteiger charge is -2.14. The van der Waals surface area contributed by atoms with E-state index in [0.29, 0.717) is 5.75 Å². The van der Waals surface area contributed by atoms with Crippen LogP contribution in [0.4, 0.5) is 0 Å². The lowest BCUT2D eigenvalue weighted by Crippen LogP contribution is -2.27. The SMILES string of the molecule is C[C@H](C(=O)Oc1ccccc1)[C@@H](O)/C=C/c1ccccc1. The molecule has 2 atom stereocenters.